The van der Waals surface area contributed by atoms with E-state index in [1.807, 2.05) is 25.9 Å². The molecular weight excluding hydrogens is 373 g/mol. The summed E-state index contributed by atoms with van der Waals surface area (Å²) in [5.41, 5.74) is 0.697. The van der Waals surface area contributed by atoms with E-state index in [4.69, 9.17) is 0 Å². The Labute approximate surface area is 161 Å². The third-order valence-electron chi connectivity index (χ3n) is 3.88. The highest BCUT2D eigenvalue weighted by molar-refractivity contribution is 7.99. The van der Waals surface area contributed by atoms with Crippen LogP contribution in [0.25, 0.3) is 5.69 Å². The van der Waals surface area contributed by atoms with Crippen LogP contribution in [0.3, 0.4) is 0 Å². The Morgan fingerprint density at radius 2 is 1.96 bits per heavy atom. The van der Waals surface area contributed by atoms with E-state index < -0.39 is 5.97 Å². The fourth-order valence-electron chi connectivity index (χ4n) is 2.13. The summed E-state index contributed by atoms with van der Waals surface area (Å²) >= 11 is 1.18. The van der Waals surface area contributed by atoms with E-state index in [2.05, 4.69) is 20.3 Å². The zero-order valence-corrected chi connectivity index (χ0v) is 16.4. The quantitative estimate of drug-likeness (QED) is 0.534. The molecule has 0 saturated heterocycles. The molecular formula is C17H22FN5O3S. The Morgan fingerprint density at radius 3 is 2.56 bits per heavy atom. The van der Waals surface area contributed by atoms with Crippen molar-refractivity contribution >= 4 is 23.6 Å². The molecule has 0 bridgehead atoms. The largest absolute Gasteiger partial charge is 0.468 e. The Kier molecular flexibility index (Phi) is 7.31. The normalized spacial score (nSPS) is 12.1. The first-order chi connectivity index (χ1) is 12.8. The summed E-state index contributed by atoms with van der Waals surface area (Å²) in [6, 6.07) is 5.93. The van der Waals surface area contributed by atoms with E-state index in [1.165, 1.54) is 31.0 Å². The van der Waals surface area contributed by atoms with Crippen molar-refractivity contribution in [2.45, 2.75) is 18.1 Å². The molecule has 0 radical (unpaired) electrons. The first-order valence-electron chi connectivity index (χ1n) is 8.17. The Hall–Kier alpha value is -2.46. The van der Waals surface area contributed by atoms with Crippen LogP contribution in [0.15, 0.2) is 29.4 Å². The molecule has 0 unspecified atom stereocenters. The van der Waals surface area contributed by atoms with Gasteiger partial charge in [-0.05, 0) is 45.3 Å². The summed E-state index contributed by atoms with van der Waals surface area (Å²) in [4.78, 5) is 25.0. The standard InChI is InChI=1S/C17H22FN5O3S/c1-11(22(2)3)16-20-21-17(23(16)13-7-5-12(18)6-8-13)27-10-14(24)19-9-15(25)26-4/h5-8,11H,9-10H2,1-4H3,(H,19,24)/t11-/m1/s1. The topological polar surface area (TPSA) is 89.3 Å². The van der Waals surface area contributed by atoms with Gasteiger partial charge in [0.15, 0.2) is 11.0 Å². The third kappa shape index (κ3) is 5.51. The predicted octanol–water partition coefficient (Wildman–Crippen LogP) is 1.41. The molecule has 0 spiro atoms. The van der Waals surface area contributed by atoms with E-state index in [-0.39, 0.29) is 30.1 Å². The zero-order chi connectivity index (χ0) is 20.0. The van der Waals surface area contributed by atoms with Gasteiger partial charge in [-0.25, -0.2) is 4.39 Å². The number of carbonyl (C=O) groups is 2. The number of hydrogen-bond donors (Lipinski definition) is 1. The maximum absolute atomic E-state index is 13.3. The van der Waals surface area contributed by atoms with E-state index in [1.54, 1.807) is 16.7 Å². The molecule has 27 heavy (non-hydrogen) atoms. The summed E-state index contributed by atoms with van der Waals surface area (Å²) in [7, 11) is 5.09. The molecule has 0 aliphatic heterocycles. The molecule has 0 aliphatic rings. The van der Waals surface area contributed by atoms with Crippen molar-refractivity contribution in [1.29, 1.82) is 0 Å². The van der Waals surface area contributed by atoms with Crippen molar-refractivity contribution in [2.24, 2.45) is 0 Å². The molecule has 2 rings (SSSR count). The second-order valence-corrected chi connectivity index (χ2v) is 6.88. The highest BCUT2D eigenvalue weighted by Gasteiger charge is 2.21. The summed E-state index contributed by atoms with van der Waals surface area (Å²) in [5, 5.41) is 11.4. The van der Waals surface area contributed by atoms with Crippen molar-refractivity contribution in [3.63, 3.8) is 0 Å². The van der Waals surface area contributed by atoms with Crippen molar-refractivity contribution in [1.82, 2.24) is 25.0 Å². The molecule has 1 heterocycles. The number of nitrogens with zero attached hydrogens (tertiary/aromatic N) is 4. The fraction of sp³-hybridized carbons (Fsp3) is 0.412. The number of thioether (sulfide) groups is 1. The second kappa shape index (κ2) is 9.47. The monoisotopic (exact) mass is 395 g/mol. The lowest BCUT2D eigenvalue weighted by Gasteiger charge is -2.20. The SMILES string of the molecule is COC(=O)CNC(=O)CSc1nnc([C@@H](C)N(C)C)n1-c1ccc(F)cc1. The van der Waals surface area contributed by atoms with Crippen molar-refractivity contribution < 1.29 is 18.7 Å². The molecule has 10 heteroatoms. The number of halogens is 1. The van der Waals surface area contributed by atoms with Crippen LogP contribution in [0, 0.1) is 5.82 Å². The van der Waals surface area contributed by atoms with Gasteiger partial charge in [0.25, 0.3) is 0 Å². The van der Waals surface area contributed by atoms with Gasteiger partial charge in [0, 0.05) is 5.69 Å². The van der Waals surface area contributed by atoms with Gasteiger partial charge >= 0.3 is 5.97 Å². The Balaban J connectivity index is 2.22. The van der Waals surface area contributed by atoms with Crippen LogP contribution >= 0.6 is 11.8 Å². The van der Waals surface area contributed by atoms with Crippen LogP contribution in [0.1, 0.15) is 18.8 Å². The number of aromatic nitrogens is 3. The molecule has 146 valence electrons. The smallest absolute Gasteiger partial charge is 0.325 e. The first-order valence-corrected chi connectivity index (χ1v) is 9.16. The van der Waals surface area contributed by atoms with Gasteiger partial charge in [-0.1, -0.05) is 11.8 Å². The molecule has 1 atom stereocenters. The van der Waals surface area contributed by atoms with E-state index in [0.717, 1.165) is 0 Å². The summed E-state index contributed by atoms with van der Waals surface area (Å²) < 4.78 is 19.6. The number of hydrogen-bond acceptors (Lipinski definition) is 7. The number of amides is 1. The van der Waals surface area contributed by atoms with Crippen LogP contribution in [-0.4, -0.2) is 65.0 Å². The van der Waals surface area contributed by atoms with Gasteiger partial charge in [0.2, 0.25) is 5.91 Å². The van der Waals surface area contributed by atoms with Crippen LogP contribution in [0.2, 0.25) is 0 Å². The van der Waals surface area contributed by atoms with Gasteiger partial charge < -0.3 is 10.1 Å². The van der Waals surface area contributed by atoms with Gasteiger partial charge in [0.05, 0.1) is 18.9 Å². The van der Waals surface area contributed by atoms with Crippen LogP contribution < -0.4 is 5.32 Å². The molecule has 1 N–H and O–H groups in total. The first kappa shape index (κ1) is 20.8. The number of ether oxygens (including phenoxy) is 1. The van der Waals surface area contributed by atoms with Gasteiger partial charge in [0.1, 0.15) is 12.4 Å². The lowest BCUT2D eigenvalue weighted by molar-refractivity contribution is -0.140. The Bertz CT molecular complexity index is 794. The minimum Gasteiger partial charge on any atom is -0.468 e. The average molecular weight is 395 g/mol. The molecule has 1 aromatic carbocycles. The number of rotatable bonds is 8. The molecule has 1 amide bonds. The summed E-state index contributed by atoms with van der Waals surface area (Å²) in [6.45, 7) is 1.78. The maximum atomic E-state index is 13.3. The number of methoxy groups -OCH3 is 1. The molecule has 2 aromatic rings. The van der Waals surface area contributed by atoms with E-state index in [9.17, 15) is 14.0 Å². The average Bonchev–Trinajstić information content (AvgIpc) is 3.08. The van der Waals surface area contributed by atoms with Gasteiger partial charge in [-0.3, -0.25) is 19.1 Å². The van der Waals surface area contributed by atoms with Crippen molar-refractivity contribution in [2.75, 3.05) is 33.5 Å². The number of benzene rings is 1. The lowest BCUT2D eigenvalue weighted by atomic mass is 10.2. The van der Waals surface area contributed by atoms with Crippen LogP contribution in [0.5, 0.6) is 0 Å². The van der Waals surface area contributed by atoms with Gasteiger partial charge in [-0.15, -0.1) is 10.2 Å². The minimum absolute atomic E-state index is 0.0483. The third-order valence-corrected chi connectivity index (χ3v) is 4.81. The summed E-state index contributed by atoms with van der Waals surface area (Å²) in [6.07, 6.45) is 0. The maximum Gasteiger partial charge on any atom is 0.325 e. The minimum atomic E-state index is -0.523. The zero-order valence-electron chi connectivity index (χ0n) is 15.6. The highest BCUT2D eigenvalue weighted by Crippen LogP contribution is 2.26. The number of esters is 1. The van der Waals surface area contributed by atoms with Crippen LogP contribution in [-0.2, 0) is 14.3 Å². The highest BCUT2D eigenvalue weighted by atomic mass is 32.2. The summed E-state index contributed by atoms with van der Waals surface area (Å²) in [5.74, 6) is -0.479. The Morgan fingerprint density at radius 1 is 1.30 bits per heavy atom. The van der Waals surface area contributed by atoms with Crippen molar-refractivity contribution in [3.05, 3.63) is 35.9 Å². The molecule has 0 fully saturated rings. The van der Waals surface area contributed by atoms with Gasteiger partial charge in [-0.2, -0.15) is 0 Å². The molecule has 8 nitrogen and oxygen atoms in total. The predicted molar refractivity (Wildman–Crippen MR) is 99.2 cm³/mol. The van der Waals surface area contributed by atoms with Crippen molar-refractivity contribution in [3.8, 4) is 5.69 Å². The fourth-order valence-corrected chi connectivity index (χ4v) is 2.92. The van der Waals surface area contributed by atoms with E-state index >= 15 is 0 Å². The number of carbonyl (C=O) groups excluding carboxylic acids is 2. The number of nitrogens with one attached hydrogen (secondary N) is 1. The van der Waals surface area contributed by atoms with Crippen LogP contribution in [0.4, 0.5) is 4.39 Å². The van der Waals surface area contributed by atoms with E-state index in [0.29, 0.717) is 16.7 Å². The molecule has 0 aliphatic carbocycles. The second-order valence-electron chi connectivity index (χ2n) is 5.93. The molecule has 0 saturated carbocycles. The molecule has 1 aromatic heterocycles. The lowest BCUT2D eigenvalue weighted by Crippen LogP contribution is -2.31.